The molecule has 136 valence electrons. The van der Waals surface area contributed by atoms with E-state index in [1.165, 1.54) is 17.3 Å². The second kappa shape index (κ2) is 8.21. The van der Waals surface area contributed by atoms with Crippen LogP contribution < -0.4 is 5.32 Å². The summed E-state index contributed by atoms with van der Waals surface area (Å²) in [6.07, 6.45) is 1.57. The molecule has 0 spiro atoms. The van der Waals surface area contributed by atoms with Gasteiger partial charge in [-0.25, -0.2) is 9.97 Å². The SMILES string of the molecule is C[C@@H](NC(=O)CSc1ncnc2sc(-c3ccccc3)cc12)c1cccs1. The van der Waals surface area contributed by atoms with Crippen molar-refractivity contribution in [1.82, 2.24) is 15.3 Å². The van der Waals surface area contributed by atoms with Crippen molar-refractivity contribution < 1.29 is 4.79 Å². The summed E-state index contributed by atoms with van der Waals surface area (Å²) >= 11 is 4.75. The highest BCUT2D eigenvalue weighted by Gasteiger charge is 2.14. The number of thiophene rings is 2. The molecule has 0 aliphatic carbocycles. The van der Waals surface area contributed by atoms with Crippen LogP contribution in [0, 0.1) is 0 Å². The van der Waals surface area contributed by atoms with Gasteiger partial charge in [0.2, 0.25) is 5.91 Å². The van der Waals surface area contributed by atoms with Crippen LogP contribution in [0.3, 0.4) is 0 Å². The van der Waals surface area contributed by atoms with Crippen LogP contribution in [0.4, 0.5) is 0 Å². The molecule has 0 saturated heterocycles. The minimum Gasteiger partial charge on any atom is -0.348 e. The van der Waals surface area contributed by atoms with Crippen molar-refractivity contribution in [3.63, 3.8) is 0 Å². The molecule has 1 aromatic carbocycles. The van der Waals surface area contributed by atoms with Gasteiger partial charge in [0.15, 0.2) is 0 Å². The van der Waals surface area contributed by atoms with E-state index in [1.807, 2.05) is 42.6 Å². The van der Waals surface area contributed by atoms with E-state index >= 15 is 0 Å². The number of rotatable bonds is 6. The van der Waals surface area contributed by atoms with E-state index in [0.717, 1.165) is 25.0 Å². The van der Waals surface area contributed by atoms with E-state index < -0.39 is 0 Å². The zero-order valence-electron chi connectivity index (χ0n) is 14.6. The highest BCUT2D eigenvalue weighted by Crippen LogP contribution is 2.36. The topological polar surface area (TPSA) is 54.9 Å². The fraction of sp³-hybridized carbons (Fsp3) is 0.150. The van der Waals surface area contributed by atoms with Crippen LogP contribution in [0.5, 0.6) is 0 Å². The Kier molecular flexibility index (Phi) is 5.52. The number of amides is 1. The van der Waals surface area contributed by atoms with Crippen LogP contribution in [0.25, 0.3) is 20.7 Å². The number of hydrogen-bond donors (Lipinski definition) is 1. The molecule has 27 heavy (non-hydrogen) atoms. The van der Waals surface area contributed by atoms with Gasteiger partial charge >= 0.3 is 0 Å². The van der Waals surface area contributed by atoms with Crippen molar-refractivity contribution >= 4 is 50.6 Å². The number of nitrogens with zero attached hydrogens (tertiary/aromatic N) is 2. The number of carbonyl (C=O) groups is 1. The lowest BCUT2D eigenvalue weighted by molar-refractivity contribution is -0.119. The van der Waals surface area contributed by atoms with Gasteiger partial charge in [0, 0.05) is 15.1 Å². The van der Waals surface area contributed by atoms with Crippen molar-refractivity contribution in [2.24, 2.45) is 0 Å². The Labute approximate surface area is 169 Å². The van der Waals surface area contributed by atoms with E-state index in [4.69, 9.17) is 0 Å². The summed E-state index contributed by atoms with van der Waals surface area (Å²) in [6.45, 7) is 2.00. The van der Waals surface area contributed by atoms with Crippen LogP contribution in [0.15, 0.2) is 65.3 Å². The quantitative estimate of drug-likeness (QED) is 0.341. The third-order valence-electron chi connectivity index (χ3n) is 4.04. The maximum absolute atomic E-state index is 12.3. The zero-order chi connectivity index (χ0) is 18.6. The first-order chi connectivity index (χ1) is 13.2. The van der Waals surface area contributed by atoms with Crippen molar-refractivity contribution in [3.05, 3.63) is 65.1 Å². The maximum atomic E-state index is 12.3. The fourth-order valence-electron chi connectivity index (χ4n) is 2.72. The molecule has 0 aliphatic rings. The lowest BCUT2D eigenvalue weighted by Gasteiger charge is -2.11. The Hall–Kier alpha value is -2.22. The maximum Gasteiger partial charge on any atom is 0.230 e. The monoisotopic (exact) mass is 411 g/mol. The van der Waals surface area contributed by atoms with Gasteiger partial charge in [-0.2, -0.15) is 0 Å². The fourth-order valence-corrected chi connectivity index (χ4v) is 5.31. The summed E-state index contributed by atoms with van der Waals surface area (Å²) in [5.41, 5.74) is 1.17. The lowest BCUT2D eigenvalue weighted by atomic mass is 10.2. The van der Waals surface area contributed by atoms with Crippen LogP contribution in [-0.4, -0.2) is 21.6 Å². The molecule has 4 rings (SSSR count). The number of thioether (sulfide) groups is 1. The first-order valence-electron chi connectivity index (χ1n) is 8.46. The zero-order valence-corrected chi connectivity index (χ0v) is 17.0. The van der Waals surface area contributed by atoms with Crippen molar-refractivity contribution in [2.45, 2.75) is 18.0 Å². The molecule has 4 nitrogen and oxygen atoms in total. The van der Waals surface area contributed by atoms with Gasteiger partial charge in [0.25, 0.3) is 0 Å². The summed E-state index contributed by atoms with van der Waals surface area (Å²) in [6, 6.07) is 16.4. The first kappa shape index (κ1) is 18.2. The van der Waals surface area contributed by atoms with Gasteiger partial charge in [-0.3, -0.25) is 4.79 Å². The molecule has 3 heterocycles. The summed E-state index contributed by atoms with van der Waals surface area (Å²) in [5.74, 6) is 0.337. The van der Waals surface area contributed by atoms with Gasteiger partial charge < -0.3 is 5.32 Å². The molecule has 3 aromatic heterocycles. The predicted molar refractivity (Wildman–Crippen MR) is 114 cm³/mol. The average Bonchev–Trinajstić information content (AvgIpc) is 3.37. The number of benzene rings is 1. The summed E-state index contributed by atoms with van der Waals surface area (Å²) in [7, 11) is 0. The molecule has 1 N–H and O–H groups in total. The van der Waals surface area contributed by atoms with Gasteiger partial charge in [0.05, 0.1) is 11.8 Å². The van der Waals surface area contributed by atoms with Crippen molar-refractivity contribution in [1.29, 1.82) is 0 Å². The largest absolute Gasteiger partial charge is 0.348 e. The van der Waals surface area contributed by atoms with E-state index in [9.17, 15) is 4.79 Å². The molecule has 0 fully saturated rings. The molecule has 1 atom stereocenters. The third kappa shape index (κ3) is 4.21. The standard InChI is InChI=1S/C20H17N3OS3/c1-13(16-8-5-9-25-16)23-18(24)11-26-19-15-10-17(14-6-3-2-4-7-14)27-20(15)22-12-21-19/h2-10,12-13H,11H2,1H3,(H,23,24)/t13-/m1/s1. The average molecular weight is 412 g/mol. The molecule has 0 saturated carbocycles. The van der Waals surface area contributed by atoms with Gasteiger partial charge in [0.1, 0.15) is 16.2 Å². The Morgan fingerprint density at radius 2 is 2.04 bits per heavy atom. The van der Waals surface area contributed by atoms with Crippen molar-refractivity contribution in [3.8, 4) is 10.4 Å². The third-order valence-corrected chi connectivity index (χ3v) is 7.19. The Morgan fingerprint density at radius 3 is 2.81 bits per heavy atom. The Bertz CT molecular complexity index is 1040. The molecule has 7 heteroatoms. The minimum atomic E-state index is 0.00572. The number of carbonyl (C=O) groups excluding carboxylic acids is 1. The molecular formula is C20H17N3OS3. The van der Waals surface area contributed by atoms with Gasteiger partial charge in [-0.05, 0) is 30.0 Å². The van der Waals surface area contributed by atoms with E-state index in [2.05, 4.69) is 33.5 Å². The number of aromatic nitrogens is 2. The molecule has 1 amide bonds. The Balaban J connectivity index is 1.47. The highest BCUT2D eigenvalue weighted by molar-refractivity contribution is 8.00. The lowest BCUT2D eigenvalue weighted by Crippen LogP contribution is -2.27. The molecule has 0 aliphatic heterocycles. The molecule has 0 bridgehead atoms. The van der Waals surface area contributed by atoms with Gasteiger partial charge in [-0.1, -0.05) is 48.2 Å². The van der Waals surface area contributed by atoms with Crippen LogP contribution in [0.1, 0.15) is 17.8 Å². The van der Waals surface area contributed by atoms with Crippen LogP contribution in [0.2, 0.25) is 0 Å². The smallest absolute Gasteiger partial charge is 0.230 e. The molecule has 4 aromatic rings. The Morgan fingerprint density at radius 1 is 1.19 bits per heavy atom. The normalized spacial score (nSPS) is 12.2. The highest BCUT2D eigenvalue weighted by atomic mass is 32.2. The minimum absolute atomic E-state index is 0.00572. The van der Waals surface area contributed by atoms with Crippen molar-refractivity contribution in [2.75, 3.05) is 5.75 Å². The first-order valence-corrected chi connectivity index (χ1v) is 11.1. The molecular weight excluding hydrogens is 394 g/mol. The summed E-state index contributed by atoms with van der Waals surface area (Å²) in [4.78, 5) is 24.4. The number of nitrogens with one attached hydrogen (secondary N) is 1. The van der Waals surface area contributed by atoms with Crippen LogP contribution in [-0.2, 0) is 4.79 Å². The molecule has 0 radical (unpaired) electrons. The van der Waals surface area contributed by atoms with Crippen LogP contribution >= 0.6 is 34.4 Å². The van der Waals surface area contributed by atoms with Gasteiger partial charge in [-0.15, -0.1) is 22.7 Å². The number of hydrogen-bond acceptors (Lipinski definition) is 6. The number of fused-ring (bicyclic) bond motifs is 1. The summed E-state index contributed by atoms with van der Waals surface area (Å²) in [5, 5.41) is 6.91. The second-order valence-electron chi connectivity index (χ2n) is 5.97. The van der Waals surface area contributed by atoms with E-state index in [0.29, 0.717) is 5.75 Å². The van der Waals surface area contributed by atoms with E-state index in [1.54, 1.807) is 29.0 Å². The summed E-state index contributed by atoms with van der Waals surface area (Å²) < 4.78 is 0. The molecule has 0 unspecified atom stereocenters. The predicted octanol–water partition coefficient (Wildman–Crippen LogP) is 5.39. The second-order valence-corrected chi connectivity index (χ2v) is 8.94. The van der Waals surface area contributed by atoms with E-state index in [-0.39, 0.29) is 11.9 Å².